The first kappa shape index (κ1) is 15.4. The number of halogens is 1. The summed E-state index contributed by atoms with van der Waals surface area (Å²) in [4.78, 5) is 9.06. The van der Waals surface area contributed by atoms with Crippen molar-refractivity contribution in [1.29, 1.82) is 0 Å². The number of hydrogen-bond acceptors (Lipinski definition) is 4. The predicted octanol–water partition coefficient (Wildman–Crippen LogP) is 3.64. The molecule has 0 spiro atoms. The maximum absolute atomic E-state index is 13.2. The molecule has 0 atom stereocenters. The fourth-order valence-corrected chi connectivity index (χ4v) is 2.48. The minimum absolute atomic E-state index is 0.271. The van der Waals surface area contributed by atoms with Crippen LogP contribution in [0.25, 0.3) is 16.7 Å². The molecule has 120 valence electrons. The van der Waals surface area contributed by atoms with Gasteiger partial charge in [-0.3, -0.25) is 0 Å². The second-order valence-corrected chi connectivity index (χ2v) is 6.07. The molecule has 2 aromatic heterocycles. The third-order valence-corrected chi connectivity index (χ3v) is 3.56. The van der Waals surface area contributed by atoms with Crippen LogP contribution in [0.5, 0.6) is 0 Å². The summed E-state index contributed by atoms with van der Waals surface area (Å²) in [5.41, 5.74) is 2.35. The molecule has 1 aromatic carbocycles. The van der Waals surface area contributed by atoms with Crippen molar-refractivity contribution >= 4 is 16.9 Å². The normalized spacial score (nSPS) is 11.4. The standard InChI is InChI=1S/C17H20FN5/c1-10(2)9-19-16-15-11(3)22-23(17(15)21-12(4)20-16)14-7-5-13(18)6-8-14/h5-8,10H,9H2,1-4H3,(H,19,20,21). The summed E-state index contributed by atoms with van der Waals surface area (Å²) in [6, 6.07) is 6.23. The number of rotatable bonds is 4. The van der Waals surface area contributed by atoms with Gasteiger partial charge in [-0.25, -0.2) is 19.0 Å². The zero-order valence-corrected chi connectivity index (χ0v) is 13.8. The van der Waals surface area contributed by atoms with Gasteiger partial charge < -0.3 is 5.32 Å². The van der Waals surface area contributed by atoms with Crippen LogP contribution < -0.4 is 5.32 Å². The molecule has 0 saturated heterocycles. The molecule has 3 aromatic rings. The summed E-state index contributed by atoms with van der Waals surface area (Å²) in [7, 11) is 0. The first-order valence-corrected chi connectivity index (χ1v) is 7.69. The second-order valence-electron chi connectivity index (χ2n) is 6.07. The van der Waals surface area contributed by atoms with Gasteiger partial charge in [0.15, 0.2) is 5.65 Å². The quantitative estimate of drug-likeness (QED) is 0.799. The van der Waals surface area contributed by atoms with E-state index in [-0.39, 0.29) is 5.82 Å². The minimum Gasteiger partial charge on any atom is -0.369 e. The number of aromatic nitrogens is 4. The molecule has 0 saturated carbocycles. The number of nitrogens with one attached hydrogen (secondary N) is 1. The summed E-state index contributed by atoms with van der Waals surface area (Å²) >= 11 is 0. The summed E-state index contributed by atoms with van der Waals surface area (Å²) in [6.07, 6.45) is 0. The molecular weight excluding hydrogens is 293 g/mol. The van der Waals surface area contributed by atoms with E-state index in [1.165, 1.54) is 12.1 Å². The molecule has 2 heterocycles. The molecule has 0 fully saturated rings. The Balaban J connectivity index is 2.16. The van der Waals surface area contributed by atoms with Gasteiger partial charge in [0, 0.05) is 6.54 Å². The lowest BCUT2D eigenvalue weighted by Crippen LogP contribution is -2.10. The molecule has 5 nitrogen and oxygen atoms in total. The lowest BCUT2D eigenvalue weighted by Gasteiger charge is -2.10. The highest BCUT2D eigenvalue weighted by atomic mass is 19.1. The molecule has 23 heavy (non-hydrogen) atoms. The molecule has 0 bridgehead atoms. The van der Waals surface area contributed by atoms with Crippen molar-refractivity contribution in [2.45, 2.75) is 27.7 Å². The maximum atomic E-state index is 13.2. The van der Waals surface area contributed by atoms with Gasteiger partial charge in [0.05, 0.1) is 16.8 Å². The molecule has 3 rings (SSSR count). The average Bonchev–Trinajstić information content (AvgIpc) is 2.82. The van der Waals surface area contributed by atoms with Crippen molar-refractivity contribution in [1.82, 2.24) is 19.7 Å². The monoisotopic (exact) mass is 313 g/mol. The Hall–Kier alpha value is -2.50. The van der Waals surface area contributed by atoms with Crippen molar-refractivity contribution in [3.8, 4) is 5.69 Å². The maximum Gasteiger partial charge on any atom is 0.168 e. The zero-order valence-electron chi connectivity index (χ0n) is 13.8. The summed E-state index contributed by atoms with van der Waals surface area (Å²) < 4.78 is 14.9. The fourth-order valence-electron chi connectivity index (χ4n) is 2.48. The van der Waals surface area contributed by atoms with Gasteiger partial charge in [0.1, 0.15) is 17.5 Å². The van der Waals surface area contributed by atoms with E-state index in [1.807, 2.05) is 13.8 Å². The van der Waals surface area contributed by atoms with Crippen LogP contribution in [0.2, 0.25) is 0 Å². The Kier molecular flexibility index (Phi) is 3.98. The third-order valence-electron chi connectivity index (χ3n) is 3.56. The van der Waals surface area contributed by atoms with Gasteiger partial charge >= 0.3 is 0 Å². The Morgan fingerprint density at radius 3 is 2.48 bits per heavy atom. The number of anilines is 1. The average molecular weight is 313 g/mol. The van der Waals surface area contributed by atoms with E-state index in [0.717, 1.165) is 34.8 Å². The van der Waals surface area contributed by atoms with Crippen LogP contribution in [0, 0.1) is 25.6 Å². The highest BCUT2D eigenvalue weighted by Crippen LogP contribution is 2.26. The van der Waals surface area contributed by atoms with E-state index >= 15 is 0 Å². The molecule has 0 radical (unpaired) electrons. The van der Waals surface area contributed by atoms with Crippen LogP contribution in [0.4, 0.5) is 10.2 Å². The molecule has 0 amide bonds. The second kappa shape index (κ2) is 5.95. The Bertz CT molecular complexity index is 836. The van der Waals surface area contributed by atoms with Crippen molar-refractivity contribution in [3.63, 3.8) is 0 Å². The van der Waals surface area contributed by atoms with Crippen LogP contribution in [0.3, 0.4) is 0 Å². The van der Waals surface area contributed by atoms with E-state index in [2.05, 4.69) is 34.2 Å². The first-order valence-electron chi connectivity index (χ1n) is 7.69. The fraction of sp³-hybridized carbons (Fsp3) is 0.353. The predicted molar refractivity (Wildman–Crippen MR) is 89.4 cm³/mol. The van der Waals surface area contributed by atoms with Gasteiger partial charge in [-0.15, -0.1) is 0 Å². The van der Waals surface area contributed by atoms with Crippen LogP contribution in [0.1, 0.15) is 25.4 Å². The summed E-state index contributed by atoms with van der Waals surface area (Å²) in [6.45, 7) is 8.91. The van der Waals surface area contributed by atoms with E-state index in [9.17, 15) is 4.39 Å². The minimum atomic E-state index is -0.271. The number of aryl methyl sites for hydroxylation is 2. The van der Waals surface area contributed by atoms with E-state index in [4.69, 9.17) is 0 Å². The highest BCUT2D eigenvalue weighted by molar-refractivity contribution is 5.90. The first-order chi connectivity index (χ1) is 11.0. The van der Waals surface area contributed by atoms with Crippen molar-refractivity contribution in [2.24, 2.45) is 5.92 Å². The van der Waals surface area contributed by atoms with Crippen LogP contribution >= 0.6 is 0 Å². The smallest absolute Gasteiger partial charge is 0.168 e. The molecule has 0 unspecified atom stereocenters. The molecule has 1 N–H and O–H groups in total. The van der Waals surface area contributed by atoms with Crippen LogP contribution in [-0.4, -0.2) is 26.3 Å². The van der Waals surface area contributed by atoms with E-state index < -0.39 is 0 Å². The number of hydrogen-bond donors (Lipinski definition) is 1. The van der Waals surface area contributed by atoms with Gasteiger partial charge in [0.2, 0.25) is 0 Å². The lowest BCUT2D eigenvalue weighted by atomic mass is 10.2. The van der Waals surface area contributed by atoms with Crippen molar-refractivity contribution in [3.05, 3.63) is 41.6 Å². The van der Waals surface area contributed by atoms with Crippen LogP contribution in [-0.2, 0) is 0 Å². The molecule has 0 aliphatic carbocycles. The van der Waals surface area contributed by atoms with Gasteiger partial charge in [-0.05, 0) is 44.0 Å². The highest BCUT2D eigenvalue weighted by Gasteiger charge is 2.16. The SMILES string of the molecule is Cc1nc(NCC(C)C)c2c(C)nn(-c3ccc(F)cc3)c2n1. The zero-order chi connectivity index (χ0) is 16.6. The number of nitrogens with zero attached hydrogens (tertiary/aromatic N) is 4. The Morgan fingerprint density at radius 1 is 1.13 bits per heavy atom. The topological polar surface area (TPSA) is 55.6 Å². The van der Waals surface area contributed by atoms with Gasteiger partial charge in [-0.1, -0.05) is 13.8 Å². The van der Waals surface area contributed by atoms with Crippen molar-refractivity contribution in [2.75, 3.05) is 11.9 Å². The molecule has 6 heteroatoms. The molecule has 0 aliphatic heterocycles. The molecule has 0 aliphatic rings. The van der Waals surface area contributed by atoms with Gasteiger partial charge in [-0.2, -0.15) is 5.10 Å². The summed E-state index contributed by atoms with van der Waals surface area (Å²) in [5.74, 6) is 1.71. The third kappa shape index (κ3) is 3.02. The van der Waals surface area contributed by atoms with Gasteiger partial charge in [0.25, 0.3) is 0 Å². The largest absolute Gasteiger partial charge is 0.369 e. The lowest BCUT2D eigenvalue weighted by molar-refractivity contribution is 0.627. The Morgan fingerprint density at radius 2 is 1.83 bits per heavy atom. The van der Waals surface area contributed by atoms with Crippen molar-refractivity contribution < 1.29 is 4.39 Å². The summed E-state index contributed by atoms with van der Waals surface area (Å²) in [5, 5.41) is 8.85. The van der Waals surface area contributed by atoms with E-state index in [0.29, 0.717) is 11.7 Å². The van der Waals surface area contributed by atoms with E-state index in [1.54, 1.807) is 16.8 Å². The number of fused-ring (bicyclic) bond motifs is 1. The Labute approximate surface area is 134 Å². The molecular formula is C17H20FN5. The number of benzene rings is 1. The van der Waals surface area contributed by atoms with Crippen LogP contribution in [0.15, 0.2) is 24.3 Å².